The van der Waals surface area contributed by atoms with E-state index in [9.17, 15) is 14.0 Å². The number of thiazole rings is 1. The van der Waals surface area contributed by atoms with E-state index in [1.54, 1.807) is 54.9 Å². The molecule has 31 heavy (non-hydrogen) atoms. The molecule has 0 spiro atoms. The zero-order valence-corrected chi connectivity index (χ0v) is 16.9. The van der Waals surface area contributed by atoms with E-state index >= 15 is 0 Å². The van der Waals surface area contributed by atoms with E-state index in [1.165, 1.54) is 26.9 Å². The first-order valence-electron chi connectivity index (χ1n) is 9.43. The van der Waals surface area contributed by atoms with E-state index in [1.807, 2.05) is 6.07 Å². The van der Waals surface area contributed by atoms with E-state index in [2.05, 4.69) is 9.97 Å². The van der Waals surface area contributed by atoms with Gasteiger partial charge in [0.15, 0.2) is 10.7 Å². The summed E-state index contributed by atoms with van der Waals surface area (Å²) in [6.45, 7) is -0.0623. The molecule has 5 aromatic rings. The predicted octanol–water partition coefficient (Wildman–Crippen LogP) is 3.97. The predicted molar refractivity (Wildman–Crippen MR) is 115 cm³/mol. The van der Waals surface area contributed by atoms with E-state index < -0.39 is 11.6 Å². The van der Waals surface area contributed by atoms with Gasteiger partial charge >= 0.3 is 5.76 Å². The van der Waals surface area contributed by atoms with Crippen molar-refractivity contribution >= 4 is 43.7 Å². The maximum atomic E-state index is 14.2. The van der Waals surface area contributed by atoms with Crippen LogP contribution in [0, 0.1) is 5.82 Å². The topological polar surface area (TPSA) is 81.2 Å². The molecule has 5 rings (SSSR count). The van der Waals surface area contributed by atoms with Crippen molar-refractivity contribution in [3.63, 3.8) is 0 Å². The van der Waals surface area contributed by atoms with E-state index in [0.717, 1.165) is 5.56 Å². The molecular weight excluding hydrogens is 419 g/mol. The van der Waals surface area contributed by atoms with Crippen molar-refractivity contribution in [1.29, 1.82) is 0 Å². The Morgan fingerprint density at radius 1 is 1.13 bits per heavy atom. The standard InChI is InChI=1S/C22H15FN4O3S/c23-15-6-3-9-18-20(15)25-21(31-18)27(12-14-5-4-10-24-11-14)19(28)13-26-16-7-1-2-8-17(16)30-22(26)29/h1-11H,12-13H2. The smallest absolute Gasteiger partial charge is 0.408 e. The number of hydrogen-bond acceptors (Lipinski definition) is 6. The summed E-state index contributed by atoms with van der Waals surface area (Å²) >= 11 is 1.21. The second-order valence-electron chi connectivity index (χ2n) is 6.85. The van der Waals surface area contributed by atoms with Crippen molar-refractivity contribution in [2.45, 2.75) is 13.1 Å². The average molecular weight is 434 g/mol. The third-order valence-electron chi connectivity index (χ3n) is 4.82. The molecule has 3 aromatic heterocycles. The van der Waals surface area contributed by atoms with Crippen LogP contribution in [0.25, 0.3) is 21.3 Å². The van der Waals surface area contributed by atoms with Gasteiger partial charge < -0.3 is 4.42 Å². The first kappa shape index (κ1) is 19.1. The zero-order chi connectivity index (χ0) is 21.4. The van der Waals surface area contributed by atoms with Crippen LogP contribution in [-0.4, -0.2) is 20.4 Å². The van der Waals surface area contributed by atoms with Crippen LogP contribution in [0.5, 0.6) is 0 Å². The summed E-state index contributed by atoms with van der Waals surface area (Å²) < 4.78 is 21.3. The Labute approximate surface area is 179 Å². The van der Waals surface area contributed by atoms with Gasteiger partial charge in [-0.2, -0.15) is 0 Å². The molecule has 154 valence electrons. The van der Waals surface area contributed by atoms with Crippen molar-refractivity contribution in [2.24, 2.45) is 0 Å². The second kappa shape index (κ2) is 7.77. The van der Waals surface area contributed by atoms with Crippen LogP contribution < -0.4 is 10.7 Å². The zero-order valence-electron chi connectivity index (χ0n) is 16.1. The Balaban J connectivity index is 1.55. The number of para-hydroxylation sites is 3. The van der Waals surface area contributed by atoms with Gasteiger partial charge in [0, 0.05) is 12.4 Å². The monoisotopic (exact) mass is 434 g/mol. The quantitative estimate of drug-likeness (QED) is 0.418. The van der Waals surface area contributed by atoms with Gasteiger partial charge in [-0.05, 0) is 35.9 Å². The number of oxazole rings is 1. The number of hydrogen-bond donors (Lipinski definition) is 0. The van der Waals surface area contributed by atoms with Crippen molar-refractivity contribution < 1.29 is 13.6 Å². The normalized spacial score (nSPS) is 11.3. The van der Waals surface area contributed by atoms with E-state index in [0.29, 0.717) is 20.9 Å². The van der Waals surface area contributed by atoms with Gasteiger partial charge in [-0.15, -0.1) is 0 Å². The molecule has 0 aliphatic heterocycles. The number of aromatic nitrogens is 3. The molecule has 0 saturated carbocycles. The third kappa shape index (κ3) is 3.59. The maximum absolute atomic E-state index is 14.2. The van der Waals surface area contributed by atoms with Crippen LogP contribution >= 0.6 is 11.3 Å². The second-order valence-corrected chi connectivity index (χ2v) is 7.86. The summed E-state index contributed by atoms with van der Waals surface area (Å²) in [6, 6.07) is 15.2. The molecular formula is C22H15FN4O3S. The van der Waals surface area contributed by atoms with Gasteiger partial charge in [0.25, 0.3) is 0 Å². The van der Waals surface area contributed by atoms with Crippen LogP contribution in [0.15, 0.2) is 76.2 Å². The molecule has 7 nitrogen and oxygen atoms in total. The average Bonchev–Trinajstić information content (AvgIpc) is 3.35. The molecule has 1 amide bonds. The lowest BCUT2D eigenvalue weighted by atomic mass is 10.2. The fourth-order valence-corrected chi connectivity index (χ4v) is 4.34. The summed E-state index contributed by atoms with van der Waals surface area (Å²) in [5.41, 5.74) is 1.91. The number of fused-ring (bicyclic) bond motifs is 2. The minimum absolute atomic E-state index is 0.179. The van der Waals surface area contributed by atoms with Crippen LogP contribution in [0.2, 0.25) is 0 Å². The molecule has 0 aliphatic rings. The number of carbonyl (C=O) groups is 1. The fourth-order valence-electron chi connectivity index (χ4n) is 3.34. The first-order chi connectivity index (χ1) is 15.1. The molecule has 0 fully saturated rings. The lowest BCUT2D eigenvalue weighted by Gasteiger charge is -2.20. The van der Waals surface area contributed by atoms with Crippen LogP contribution in [0.4, 0.5) is 9.52 Å². The minimum Gasteiger partial charge on any atom is -0.408 e. The Morgan fingerprint density at radius 3 is 2.81 bits per heavy atom. The number of halogens is 1. The fraction of sp³-hybridized carbons (Fsp3) is 0.0909. The first-order valence-corrected chi connectivity index (χ1v) is 10.2. The minimum atomic E-state index is -0.619. The maximum Gasteiger partial charge on any atom is 0.420 e. The highest BCUT2D eigenvalue weighted by molar-refractivity contribution is 7.22. The number of pyridine rings is 1. The summed E-state index contributed by atoms with van der Waals surface area (Å²) in [5.74, 6) is -1.45. The summed E-state index contributed by atoms with van der Waals surface area (Å²) in [7, 11) is 0. The lowest BCUT2D eigenvalue weighted by molar-refractivity contribution is -0.119. The Hall–Kier alpha value is -3.85. The van der Waals surface area contributed by atoms with E-state index in [4.69, 9.17) is 4.42 Å². The highest BCUT2D eigenvalue weighted by atomic mass is 32.1. The molecule has 0 saturated heterocycles. The van der Waals surface area contributed by atoms with Gasteiger partial charge in [0.2, 0.25) is 5.91 Å². The lowest BCUT2D eigenvalue weighted by Crippen LogP contribution is -2.35. The van der Waals surface area contributed by atoms with Crippen LogP contribution in [0.1, 0.15) is 5.56 Å². The molecule has 3 heterocycles. The van der Waals surface area contributed by atoms with Crippen molar-refractivity contribution in [3.05, 3.63) is 88.9 Å². The van der Waals surface area contributed by atoms with Gasteiger partial charge in [-0.1, -0.05) is 35.6 Å². The van der Waals surface area contributed by atoms with Gasteiger partial charge in [0.05, 0.1) is 16.8 Å². The largest absolute Gasteiger partial charge is 0.420 e. The summed E-state index contributed by atoms with van der Waals surface area (Å²) in [4.78, 5) is 35.6. The molecule has 9 heteroatoms. The number of anilines is 1. The Bertz CT molecular complexity index is 1460. The number of rotatable bonds is 5. The summed E-state index contributed by atoms with van der Waals surface area (Å²) in [6.07, 6.45) is 3.29. The van der Waals surface area contributed by atoms with E-state index in [-0.39, 0.29) is 24.5 Å². The van der Waals surface area contributed by atoms with Gasteiger partial charge in [-0.3, -0.25) is 19.2 Å². The van der Waals surface area contributed by atoms with Crippen molar-refractivity contribution in [1.82, 2.24) is 14.5 Å². The molecule has 0 N–H and O–H groups in total. The summed E-state index contributed by atoms with van der Waals surface area (Å²) in [5, 5.41) is 0.342. The van der Waals surface area contributed by atoms with Gasteiger partial charge in [0.1, 0.15) is 17.9 Å². The third-order valence-corrected chi connectivity index (χ3v) is 5.86. The number of amides is 1. The van der Waals surface area contributed by atoms with Crippen molar-refractivity contribution in [2.75, 3.05) is 4.90 Å². The van der Waals surface area contributed by atoms with Crippen LogP contribution in [0.3, 0.4) is 0 Å². The molecule has 0 bridgehead atoms. The molecule has 0 radical (unpaired) electrons. The Morgan fingerprint density at radius 2 is 2.00 bits per heavy atom. The van der Waals surface area contributed by atoms with Crippen LogP contribution in [-0.2, 0) is 17.9 Å². The molecule has 0 atom stereocenters. The van der Waals surface area contributed by atoms with Gasteiger partial charge in [-0.25, -0.2) is 14.2 Å². The highest BCUT2D eigenvalue weighted by Gasteiger charge is 2.23. The molecule has 0 unspecified atom stereocenters. The highest BCUT2D eigenvalue weighted by Crippen LogP contribution is 2.31. The number of benzene rings is 2. The number of carbonyl (C=O) groups excluding carboxylic acids is 1. The van der Waals surface area contributed by atoms with Crippen molar-refractivity contribution in [3.8, 4) is 0 Å². The SMILES string of the molecule is O=C(Cn1c(=O)oc2ccccc21)N(Cc1cccnc1)c1nc2c(F)cccc2s1. The molecule has 2 aromatic carbocycles. The molecule has 0 aliphatic carbocycles. The number of nitrogens with zero attached hydrogens (tertiary/aromatic N) is 4. The Kier molecular flexibility index (Phi) is 4.79.